The third-order valence-corrected chi connectivity index (χ3v) is 21.6. The zero-order valence-electron chi connectivity index (χ0n) is 44.6. The molecule has 3 heterocycles. The average molecular weight is 1090 g/mol. The van der Waals surface area contributed by atoms with Crippen LogP contribution in [0.25, 0.3) is 10.2 Å². The highest BCUT2D eigenvalue weighted by Gasteiger charge is 2.51. The van der Waals surface area contributed by atoms with E-state index in [1.165, 1.54) is 17.4 Å². The molecule has 1 atom stereocenters. The first-order valence-corrected chi connectivity index (χ1v) is 32.6. The second-order valence-electron chi connectivity index (χ2n) is 21.0. The molecule has 13 nitrogen and oxygen atoms in total. The number of benzene rings is 4. The molecule has 0 saturated heterocycles. The van der Waals surface area contributed by atoms with Crippen molar-refractivity contribution in [2.24, 2.45) is 4.99 Å². The largest absolute Gasteiger partial charge is 0.491 e. The molecule has 0 aliphatic carbocycles. The number of halogens is 1. The van der Waals surface area contributed by atoms with Gasteiger partial charge in [0.05, 0.1) is 36.1 Å². The molecule has 0 amide bonds. The van der Waals surface area contributed by atoms with Crippen LogP contribution in [-0.4, -0.2) is 110 Å². The fourth-order valence-electron chi connectivity index (χ4n) is 8.68. The summed E-state index contributed by atoms with van der Waals surface area (Å²) >= 11 is 2.81. The lowest BCUT2D eigenvalue weighted by atomic mass is 10.2. The van der Waals surface area contributed by atoms with Gasteiger partial charge in [-0.15, -0.1) is 21.5 Å². The number of thiazole rings is 2. The molecule has 0 fully saturated rings. The minimum Gasteiger partial charge on any atom is -0.491 e. The molecular formula is C57H70FN7O6S2Si2. The van der Waals surface area contributed by atoms with Crippen molar-refractivity contribution in [3.05, 3.63) is 142 Å². The second-order valence-corrected chi connectivity index (χ2v) is 33.0. The van der Waals surface area contributed by atoms with Crippen molar-refractivity contribution in [2.75, 3.05) is 51.9 Å². The highest BCUT2D eigenvalue weighted by Crippen LogP contribution is 2.39. The van der Waals surface area contributed by atoms with Gasteiger partial charge in [-0.1, -0.05) is 136 Å². The van der Waals surface area contributed by atoms with Gasteiger partial charge < -0.3 is 29.0 Å². The van der Waals surface area contributed by atoms with Gasteiger partial charge in [-0.05, 0) is 110 Å². The smallest absolute Gasteiger partial charge is 0.355 e. The quantitative estimate of drug-likeness (QED) is 0.0339. The predicted octanol–water partition coefficient (Wildman–Crippen LogP) is 10.4. The van der Waals surface area contributed by atoms with Crippen LogP contribution in [0.3, 0.4) is 0 Å². The van der Waals surface area contributed by atoms with Crippen molar-refractivity contribution in [3.8, 4) is 17.6 Å². The molecule has 1 unspecified atom stereocenters. The lowest BCUT2D eigenvalue weighted by Gasteiger charge is -2.45. The van der Waals surface area contributed by atoms with E-state index in [-0.39, 0.29) is 29.7 Å². The number of hydrogen-bond donors (Lipinski definition) is 2. The Labute approximate surface area is 450 Å². The number of aliphatic hydroxyl groups excluding tert-OH is 1. The maximum absolute atomic E-state index is 15.1. The monoisotopic (exact) mass is 1090 g/mol. The zero-order valence-corrected chi connectivity index (χ0v) is 48.2. The van der Waals surface area contributed by atoms with E-state index >= 15 is 4.39 Å². The van der Waals surface area contributed by atoms with Crippen LogP contribution in [0.2, 0.25) is 30.7 Å². The lowest BCUT2D eigenvalue weighted by Crippen LogP contribution is -2.68. The van der Waals surface area contributed by atoms with Gasteiger partial charge in [0, 0.05) is 31.7 Å². The number of anilines is 2. The number of rotatable bonds is 24. The highest BCUT2D eigenvalue weighted by atomic mass is 32.1. The van der Waals surface area contributed by atoms with E-state index in [2.05, 4.69) is 93.2 Å². The van der Waals surface area contributed by atoms with Crippen LogP contribution in [0.5, 0.6) is 5.75 Å². The van der Waals surface area contributed by atoms with Gasteiger partial charge in [-0.3, -0.25) is 9.47 Å². The maximum Gasteiger partial charge on any atom is 0.355 e. The van der Waals surface area contributed by atoms with Crippen molar-refractivity contribution in [1.82, 2.24) is 24.6 Å². The first-order valence-electron chi connectivity index (χ1n) is 25.4. The lowest BCUT2D eigenvalue weighted by molar-refractivity contribution is 0.0690. The average Bonchev–Trinajstić information content (AvgIpc) is 3.97. The van der Waals surface area contributed by atoms with E-state index in [1.54, 1.807) is 23.5 Å². The molecule has 0 aliphatic rings. The van der Waals surface area contributed by atoms with Crippen molar-refractivity contribution in [3.63, 3.8) is 0 Å². The van der Waals surface area contributed by atoms with Crippen LogP contribution < -0.4 is 24.8 Å². The fraction of sp³-hybridized carbons (Fsp3) is 0.386. The summed E-state index contributed by atoms with van der Waals surface area (Å²) in [6, 6.07) is 36.4. The molecule has 0 aliphatic heterocycles. The molecule has 7 aromatic rings. The minimum absolute atomic E-state index is 0.0761. The number of nitrogens with zero attached hydrogens (tertiary/aromatic N) is 7. The topological polar surface area (TPSA) is 148 Å². The summed E-state index contributed by atoms with van der Waals surface area (Å²) in [4.78, 5) is 27.7. The first-order chi connectivity index (χ1) is 35.9. The van der Waals surface area contributed by atoms with Crippen LogP contribution in [0.4, 0.5) is 21.2 Å². The van der Waals surface area contributed by atoms with Crippen molar-refractivity contribution in [2.45, 2.75) is 96.9 Å². The SMILES string of the molecule is Cc1cc(N(CCCC(CO)O[Si](c2ccccc2)(c2ccccc2)C(C)(C)C)c2nc(C(=O)O)c(CCCOc3ccc(C#CCN(C)C)cc3F)s2)nnc1/N=c1\sc2ccccc2n1COCC[Si](C)(C)C. The maximum atomic E-state index is 15.1. The number of aromatic carboxylic acids is 1. The standard InChI is InChI=1S/C57H70FN7O6S2Si2/c1-41-37-51(61-62-53(41)60-56-65(40-69-35-36-74(7,8)9)47-27-16-17-28-49(47)72-56)64(33-19-22-43(39-66)71-75(57(2,3)4,44-23-12-10-13-24-44)45-25-14-11-15-26-45)55-59-52(54(67)68)50(73-55)29-20-34-70-48-31-30-42(38-46(48)58)21-18-32-63(5)6/h10-17,23-28,30-31,37-38,43,66H,19-20,22,29,32-36,39-40H2,1-9H3,(H,67,68)/b60-56-. The molecule has 75 heavy (non-hydrogen) atoms. The van der Waals surface area contributed by atoms with Gasteiger partial charge in [-0.2, -0.15) is 4.99 Å². The molecule has 3 aromatic heterocycles. The summed E-state index contributed by atoms with van der Waals surface area (Å²) in [6.07, 6.45) is 1.19. The molecular weight excluding hydrogens is 1020 g/mol. The fourth-order valence-corrected chi connectivity index (χ4v) is 16.3. The number of hydrogen-bond acceptors (Lipinski definition) is 13. The molecule has 0 saturated carbocycles. The number of fused-ring (bicyclic) bond motifs is 1. The van der Waals surface area contributed by atoms with Crippen molar-refractivity contribution < 1.29 is 33.3 Å². The molecule has 4 aromatic carbocycles. The number of carboxylic acid groups (broad SMARTS) is 1. The van der Waals surface area contributed by atoms with Gasteiger partial charge in [0.1, 0.15) is 6.73 Å². The summed E-state index contributed by atoms with van der Waals surface area (Å²) in [6.45, 7) is 17.4. The van der Waals surface area contributed by atoms with Crippen molar-refractivity contribution in [1.29, 1.82) is 0 Å². The van der Waals surface area contributed by atoms with Gasteiger partial charge in [0.15, 0.2) is 38.8 Å². The highest BCUT2D eigenvalue weighted by molar-refractivity contribution is 7.16. The van der Waals surface area contributed by atoms with Gasteiger partial charge in [0.2, 0.25) is 0 Å². The summed E-state index contributed by atoms with van der Waals surface area (Å²) < 4.78 is 37.6. The van der Waals surface area contributed by atoms with E-state index in [1.807, 2.05) is 85.4 Å². The van der Waals surface area contributed by atoms with E-state index in [0.717, 1.165) is 37.0 Å². The Balaban J connectivity index is 1.18. The number of aromatic nitrogens is 4. The predicted molar refractivity (Wildman–Crippen MR) is 306 cm³/mol. The number of carbonyl (C=O) groups is 1. The van der Waals surface area contributed by atoms with Crippen LogP contribution in [0, 0.1) is 24.6 Å². The minimum atomic E-state index is -3.01. The van der Waals surface area contributed by atoms with Gasteiger partial charge in [-0.25, -0.2) is 14.2 Å². The van der Waals surface area contributed by atoms with E-state index in [0.29, 0.717) is 79.3 Å². The number of aryl methyl sites for hydroxylation is 2. The Morgan fingerprint density at radius 3 is 2.23 bits per heavy atom. The molecule has 396 valence electrons. The zero-order chi connectivity index (χ0) is 53.8. The summed E-state index contributed by atoms with van der Waals surface area (Å²) in [5.74, 6) is 5.29. The third kappa shape index (κ3) is 14.7. The normalized spacial score (nSPS) is 12.8. The molecule has 0 radical (unpaired) electrons. The van der Waals surface area contributed by atoms with Crippen molar-refractivity contribution >= 4 is 82.4 Å². The number of para-hydroxylation sites is 1. The molecule has 0 spiro atoms. The Bertz CT molecular complexity index is 3110. The summed E-state index contributed by atoms with van der Waals surface area (Å²) in [5, 5.41) is 33.4. The number of aliphatic hydroxyl groups is 1. The van der Waals surface area contributed by atoms with Crippen LogP contribution in [0.1, 0.15) is 66.5 Å². The number of carboxylic acids is 1. The summed E-state index contributed by atoms with van der Waals surface area (Å²) in [7, 11) is -0.478. The summed E-state index contributed by atoms with van der Waals surface area (Å²) in [5.41, 5.74) is 2.25. The van der Waals surface area contributed by atoms with E-state index in [4.69, 9.17) is 34.1 Å². The van der Waals surface area contributed by atoms with Crippen LogP contribution in [-0.2, 0) is 22.3 Å². The van der Waals surface area contributed by atoms with Gasteiger partial charge in [0.25, 0.3) is 8.32 Å². The number of ether oxygens (including phenoxy) is 2. The molecule has 7 rings (SSSR count). The Morgan fingerprint density at radius 1 is 0.907 bits per heavy atom. The van der Waals surface area contributed by atoms with Crippen LogP contribution in [0.15, 0.2) is 114 Å². The van der Waals surface area contributed by atoms with E-state index in [9.17, 15) is 15.0 Å². The van der Waals surface area contributed by atoms with E-state index < -0.39 is 34.3 Å². The Kier molecular flexibility index (Phi) is 19.5. The van der Waals surface area contributed by atoms with Crippen LogP contribution >= 0.6 is 22.7 Å². The first kappa shape index (κ1) is 56.8. The second kappa shape index (κ2) is 25.8. The Hall–Kier alpha value is -5.89. The Morgan fingerprint density at radius 2 is 1.60 bits per heavy atom. The third-order valence-electron chi connectivity index (χ3n) is 12.6. The molecule has 0 bridgehead atoms. The molecule has 2 N–H and O–H groups in total. The van der Waals surface area contributed by atoms with Gasteiger partial charge >= 0.3 is 5.97 Å². The molecule has 18 heteroatoms.